The van der Waals surface area contributed by atoms with Crippen molar-refractivity contribution in [1.82, 2.24) is 10.6 Å². The highest BCUT2D eigenvalue weighted by molar-refractivity contribution is 5.89. The third kappa shape index (κ3) is 58.8. The van der Waals surface area contributed by atoms with Crippen molar-refractivity contribution in [3.8, 4) is 63.2 Å². The first kappa shape index (κ1) is 124. The van der Waals surface area contributed by atoms with Crippen LogP contribution in [0.1, 0.15) is 459 Å². The lowest BCUT2D eigenvalue weighted by atomic mass is 10.0. The molecule has 2 N–H and O–H groups in total. The number of esters is 1. The topological polar surface area (TPSA) is 195 Å². The second-order valence-electron chi connectivity index (χ2n) is 42.6. The Morgan fingerprint density at radius 2 is 0.463 bits per heavy atom. The van der Waals surface area contributed by atoms with Gasteiger partial charge in [0.25, 0.3) is 0 Å². The number of carbonyl (C=O) groups is 3. The van der Waals surface area contributed by atoms with Crippen LogP contribution in [0, 0.1) is 0 Å². The van der Waals surface area contributed by atoms with Crippen LogP contribution in [0.25, 0.3) is 0 Å². The van der Waals surface area contributed by atoms with Crippen LogP contribution in [0.3, 0.4) is 0 Å². The van der Waals surface area contributed by atoms with Crippen molar-refractivity contribution in [3.63, 3.8) is 0 Å². The van der Waals surface area contributed by atoms with Gasteiger partial charge in [-0.05, 0) is 195 Å². The highest BCUT2D eigenvalue weighted by Crippen LogP contribution is 2.36. The van der Waals surface area contributed by atoms with E-state index in [1.807, 2.05) is 127 Å². The van der Waals surface area contributed by atoms with Gasteiger partial charge in [0.05, 0.1) is 33.5 Å². The molecule has 0 aliphatic heterocycles. The Morgan fingerprint density at radius 3 is 0.732 bits per heavy atom. The first-order chi connectivity index (χ1) is 73.0. The Balaban J connectivity index is 0.970. The molecule has 0 aliphatic carbocycles. The standard InChI is InChI=1S/C131H196N2O16/c1-10-14-18-22-26-30-34-38-42-46-50-54-58-62-90-138-116-80-68-109(69-81-116)100-145-124-88-76-113(97-126(124)147-102-111-72-84-118(85-73-111)140-92-64-60-56-52-48-44-40-36-32-28-24-20-16-12-3)104-143-121-94-115(106-142-120-78-66-108(67-79-120)96-123(133-130(136)149-131(6,7)8)128(134)132-107(5)129(135)137-9)95-122(99-121)144-105-114-77-89-125(146-101-110-70-82-117(83-71-110)139-91-63-59-55-51-47-43-39-35-31-27-23-19-15-11-2)127(98-114)148-103-112-74-86-119(87-75-112)141-93-65-61-57-53-49-45-41-37-33-29-25-21-17-13-4/h66-89,94-95,97-99,107,123H,10-65,90-93,96,100-106H2,1-9H3,(H,132,134)(H,133,136)/t107-,123?/m0/s1. The fourth-order valence-electron chi connectivity index (χ4n) is 18.6. The van der Waals surface area contributed by atoms with Gasteiger partial charge in [0.15, 0.2) is 23.0 Å². The molecule has 1 unspecified atom stereocenters. The molecule has 8 aromatic rings. The van der Waals surface area contributed by atoms with Gasteiger partial charge in [0.2, 0.25) is 5.91 Å². The lowest BCUT2D eigenvalue weighted by Gasteiger charge is -2.24. The maximum Gasteiger partial charge on any atom is 0.408 e. The first-order valence-corrected chi connectivity index (χ1v) is 59.2. The summed E-state index contributed by atoms with van der Waals surface area (Å²) in [5.41, 5.74) is 6.30. The number of carbonyl (C=O) groups excluding carboxylic acids is 3. The zero-order chi connectivity index (χ0) is 106. The number of amides is 2. The second kappa shape index (κ2) is 79.7. The third-order valence-corrected chi connectivity index (χ3v) is 27.8. The fourth-order valence-corrected chi connectivity index (χ4v) is 18.6. The Labute approximate surface area is 901 Å². The number of benzene rings is 8. The molecule has 8 aromatic carbocycles. The average Bonchev–Trinajstić information content (AvgIpc) is 0.830. The molecule has 2 amide bonds. The third-order valence-electron chi connectivity index (χ3n) is 27.8. The van der Waals surface area contributed by atoms with Crippen molar-refractivity contribution in [2.45, 2.75) is 485 Å². The summed E-state index contributed by atoms with van der Waals surface area (Å²) >= 11 is 0. The molecule has 0 aliphatic rings. The van der Waals surface area contributed by atoms with Gasteiger partial charge in [0.1, 0.15) is 104 Å². The van der Waals surface area contributed by atoms with Gasteiger partial charge in [-0.15, -0.1) is 0 Å². The van der Waals surface area contributed by atoms with Gasteiger partial charge in [-0.2, -0.15) is 0 Å². The van der Waals surface area contributed by atoms with E-state index in [0.717, 1.165) is 87.6 Å². The van der Waals surface area contributed by atoms with E-state index < -0.39 is 35.7 Å². The molecule has 0 bridgehead atoms. The number of ether oxygens (including phenoxy) is 13. The van der Waals surface area contributed by atoms with Crippen LogP contribution in [0.15, 0.2) is 176 Å². The number of hydrogen-bond acceptors (Lipinski definition) is 16. The molecule has 2 atom stereocenters. The number of rotatable bonds is 91. The van der Waals surface area contributed by atoms with Crippen LogP contribution < -0.4 is 62.7 Å². The molecule has 0 saturated carbocycles. The van der Waals surface area contributed by atoms with Crippen LogP contribution in [-0.2, 0) is 71.7 Å². The lowest BCUT2D eigenvalue weighted by molar-refractivity contribution is -0.144. The van der Waals surface area contributed by atoms with E-state index in [-0.39, 0.29) is 39.5 Å². The highest BCUT2D eigenvalue weighted by Gasteiger charge is 2.28. The lowest BCUT2D eigenvalue weighted by Crippen LogP contribution is -2.52. The molecule has 0 spiro atoms. The average molecular weight is 2060 g/mol. The molecule has 0 fully saturated rings. The predicted octanol–water partition coefficient (Wildman–Crippen LogP) is 36.3. The Bertz CT molecular complexity index is 4470. The van der Waals surface area contributed by atoms with Crippen LogP contribution in [0.5, 0.6) is 63.2 Å². The zero-order valence-electron chi connectivity index (χ0n) is 94.0. The molecule has 18 nitrogen and oxygen atoms in total. The zero-order valence-corrected chi connectivity index (χ0v) is 94.0. The van der Waals surface area contributed by atoms with E-state index in [2.05, 4.69) is 86.9 Å². The first-order valence-electron chi connectivity index (χ1n) is 59.2. The fraction of sp³-hybridized carbons (Fsp3) is 0.611. The van der Waals surface area contributed by atoms with Gasteiger partial charge in [-0.3, -0.25) is 4.79 Å². The van der Waals surface area contributed by atoms with Gasteiger partial charge in [-0.1, -0.05) is 434 Å². The molecule has 18 heteroatoms. The summed E-state index contributed by atoms with van der Waals surface area (Å²) in [5, 5.41) is 5.37. The molecular weight excluding hydrogens is 1860 g/mol. The van der Waals surface area contributed by atoms with Crippen molar-refractivity contribution in [2.75, 3.05) is 33.5 Å². The summed E-state index contributed by atoms with van der Waals surface area (Å²) < 4.78 is 82.6. The normalized spacial score (nSPS) is 11.8. The van der Waals surface area contributed by atoms with Crippen LogP contribution in [-0.4, -0.2) is 69.2 Å². The summed E-state index contributed by atoms with van der Waals surface area (Å²) in [5.74, 6) is 6.12. The summed E-state index contributed by atoms with van der Waals surface area (Å²) in [6, 6.07) is 55.7. The number of unbranched alkanes of at least 4 members (excludes halogenated alkanes) is 52. The Morgan fingerprint density at radius 1 is 0.235 bits per heavy atom. The Kier molecular flexibility index (Phi) is 66.3. The molecular formula is C131H196N2O16. The van der Waals surface area contributed by atoms with Crippen molar-refractivity contribution < 1.29 is 76.0 Å². The summed E-state index contributed by atoms with van der Waals surface area (Å²) in [4.78, 5) is 39.3. The monoisotopic (exact) mass is 2050 g/mol. The van der Waals surface area contributed by atoms with E-state index >= 15 is 0 Å². The summed E-state index contributed by atoms with van der Waals surface area (Å²) in [7, 11) is 1.25. The van der Waals surface area contributed by atoms with Crippen LogP contribution in [0.2, 0.25) is 0 Å². The largest absolute Gasteiger partial charge is 0.494 e. The molecule has 0 heterocycles. The summed E-state index contributed by atoms with van der Waals surface area (Å²) in [6.45, 7) is 20.3. The maximum atomic E-state index is 13.8. The minimum Gasteiger partial charge on any atom is -0.494 e. The van der Waals surface area contributed by atoms with E-state index in [1.54, 1.807) is 20.8 Å². The van der Waals surface area contributed by atoms with Crippen molar-refractivity contribution in [1.29, 1.82) is 0 Å². The van der Waals surface area contributed by atoms with Gasteiger partial charge in [0, 0.05) is 12.5 Å². The Hall–Kier alpha value is -10.2. The smallest absolute Gasteiger partial charge is 0.408 e. The quantitative estimate of drug-likeness (QED) is 0.0270. The summed E-state index contributed by atoms with van der Waals surface area (Å²) in [6.07, 6.45) is 73.1. The number of methoxy groups -OCH3 is 1. The molecule has 0 aromatic heterocycles. The van der Waals surface area contributed by atoms with Crippen LogP contribution >= 0.6 is 0 Å². The van der Waals surface area contributed by atoms with Crippen molar-refractivity contribution >= 4 is 18.0 Å². The number of nitrogens with one attached hydrogen (secondary N) is 2. The van der Waals surface area contributed by atoms with E-state index in [9.17, 15) is 14.4 Å². The van der Waals surface area contributed by atoms with E-state index in [4.69, 9.17) is 61.6 Å². The molecule has 826 valence electrons. The second-order valence-corrected chi connectivity index (χ2v) is 42.6. The molecule has 0 radical (unpaired) electrons. The minimum atomic E-state index is -1.10. The number of hydrogen-bond donors (Lipinski definition) is 2. The molecule has 8 rings (SSSR count). The minimum absolute atomic E-state index is 0.0765. The number of alkyl carbamates (subject to hydrolysis) is 1. The molecule has 149 heavy (non-hydrogen) atoms. The van der Waals surface area contributed by atoms with Gasteiger partial charge < -0.3 is 72.2 Å². The van der Waals surface area contributed by atoms with Crippen molar-refractivity contribution in [3.05, 3.63) is 220 Å². The predicted molar refractivity (Wildman–Crippen MR) is 612 cm³/mol. The van der Waals surface area contributed by atoms with Crippen molar-refractivity contribution in [2.24, 2.45) is 0 Å². The van der Waals surface area contributed by atoms with Gasteiger partial charge in [-0.25, -0.2) is 9.59 Å². The maximum absolute atomic E-state index is 13.8. The molecule has 0 saturated heterocycles. The van der Waals surface area contributed by atoms with E-state index in [1.165, 1.54) is 348 Å². The van der Waals surface area contributed by atoms with E-state index in [0.29, 0.717) is 85.5 Å². The van der Waals surface area contributed by atoms with Crippen LogP contribution in [0.4, 0.5) is 4.79 Å². The highest BCUT2D eigenvalue weighted by atomic mass is 16.6. The SMILES string of the molecule is CCCCCCCCCCCCCCCCOc1ccc(COc2ccc(COc3cc(COc4ccc(CC(NC(=O)OC(C)(C)C)C(=O)N[C@@H](C)C(=O)OC)cc4)cc(OCc4ccc(OCc5ccc(OCCCCCCCCCCCCCCCC)cc5)c(OCc5ccc(OCCCCCCCCCCCCCCCC)cc5)c4)c3)cc2OCc2ccc(OCCCCCCCCCCCCCCCC)cc2)cc1. The van der Waals surface area contributed by atoms with Gasteiger partial charge >= 0.3 is 12.1 Å².